The number of aryl methyl sites for hydroxylation is 1. The number of phosphoric ester groups is 1. The van der Waals surface area contributed by atoms with Gasteiger partial charge >= 0.3 is 13.4 Å². The van der Waals surface area contributed by atoms with Crippen LogP contribution in [-0.2, 0) is 14.7 Å². The summed E-state index contributed by atoms with van der Waals surface area (Å²) in [6.07, 6.45) is -10.8. The Morgan fingerprint density at radius 1 is 1.00 bits per heavy atom. The topological polar surface area (TPSA) is 198 Å². The van der Waals surface area contributed by atoms with Crippen LogP contribution in [0.4, 0.5) is 0 Å². The van der Waals surface area contributed by atoms with Gasteiger partial charge in [0.05, 0.1) is 0 Å². The van der Waals surface area contributed by atoms with E-state index in [0.717, 1.165) is 6.07 Å². The third-order valence-corrected chi connectivity index (χ3v) is 5.40. The van der Waals surface area contributed by atoms with Gasteiger partial charge in [0.2, 0.25) is 0 Å². The Morgan fingerprint density at radius 3 is 2.11 bits per heavy atom. The number of aliphatic hydroxyl groups is 5. The van der Waals surface area contributed by atoms with E-state index in [1.54, 1.807) is 0 Å². The molecule has 1 aliphatic carbocycles. The zero-order valence-electron chi connectivity index (χ0n) is 14.4. The summed E-state index contributed by atoms with van der Waals surface area (Å²) in [6, 6.07) is 5.15. The molecule has 0 amide bonds. The fraction of sp³-hybridized carbons (Fsp3) is 0.438. The van der Waals surface area contributed by atoms with E-state index < -0.39 is 49.6 Å². The first-order valence-corrected chi connectivity index (χ1v) is 9.63. The average Bonchev–Trinajstić information content (AvgIpc) is 2.62. The molecular formula is C16H19O11P. The molecule has 1 aliphatic rings. The number of benzene rings is 1. The number of rotatable bonds is 3. The van der Waals surface area contributed by atoms with Gasteiger partial charge in [-0.1, -0.05) is 12.1 Å². The summed E-state index contributed by atoms with van der Waals surface area (Å²) >= 11 is 0. The Balaban J connectivity index is 2.28. The minimum absolute atomic E-state index is 0.0590. The lowest BCUT2D eigenvalue weighted by Gasteiger charge is -2.50. The quantitative estimate of drug-likeness (QED) is 0.220. The van der Waals surface area contributed by atoms with Gasteiger partial charge in [0, 0.05) is 10.9 Å². The van der Waals surface area contributed by atoms with Crippen molar-refractivity contribution in [1.29, 1.82) is 0 Å². The van der Waals surface area contributed by atoms with Crippen molar-refractivity contribution in [2.75, 3.05) is 0 Å². The van der Waals surface area contributed by atoms with Crippen molar-refractivity contribution in [2.24, 2.45) is 0 Å². The van der Waals surface area contributed by atoms with Crippen LogP contribution in [-0.4, -0.2) is 65.8 Å². The van der Waals surface area contributed by atoms with Crippen LogP contribution in [0.25, 0.3) is 11.0 Å². The maximum atomic E-state index is 11.8. The van der Waals surface area contributed by atoms with Crippen molar-refractivity contribution >= 4 is 18.8 Å². The molecule has 12 heteroatoms. The first-order valence-electron chi connectivity index (χ1n) is 8.10. The van der Waals surface area contributed by atoms with E-state index in [1.165, 1.54) is 25.1 Å². The molecule has 1 aromatic carbocycles. The molecule has 1 fully saturated rings. The fourth-order valence-electron chi connectivity index (χ4n) is 3.41. The van der Waals surface area contributed by atoms with Gasteiger partial charge in [-0.05, 0) is 24.6 Å². The summed E-state index contributed by atoms with van der Waals surface area (Å²) in [4.78, 5) is 30.4. The van der Waals surface area contributed by atoms with Crippen LogP contribution in [0.1, 0.15) is 11.1 Å². The molecule has 0 bridgehead atoms. The highest BCUT2D eigenvalue weighted by atomic mass is 31.2. The standard InChI is InChI=1S/C16H19O11P/c1-6-4-7-2-3-8(5-9(7)26-15(6)22)16(27-28(23,24)25)13(20)11(18)10(17)12(19)14(16)21/h2-5,10-14,17-21H,1H3,(H2,23,24,25)/t10?,11-,12+,13-,14-,16?/m0/s1. The highest BCUT2D eigenvalue weighted by Crippen LogP contribution is 2.52. The normalized spacial score (nSPS) is 33.9. The zero-order valence-corrected chi connectivity index (χ0v) is 15.3. The summed E-state index contributed by atoms with van der Waals surface area (Å²) in [5, 5.41) is 51.3. The van der Waals surface area contributed by atoms with Gasteiger partial charge in [-0.2, -0.15) is 0 Å². The van der Waals surface area contributed by atoms with Crippen molar-refractivity contribution in [1.82, 2.24) is 0 Å². The summed E-state index contributed by atoms with van der Waals surface area (Å²) in [5.74, 6) is 0. The van der Waals surface area contributed by atoms with Crippen LogP contribution >= 0.6 is 7.82 Å². The first-order chi connectivity index (χ1) is 12.9. The Labute approximate surface area is 157 Å². The molecule has 6 atom stereocenters. The minimum Gasteiger partial charge on any atom is -0.423 e. The molecule has 7 N–H and O–H groups in total. The highest BCUT2D eigenvalue weighted by molar-refractivity contribution is 7.46. The van der Waals surface area contributed by atoms with Gasteiger partial charge in [-0.25, -0.2) is 9.36 Å². The molecule has 0 aliphatic heterocycles. The second-order valence-electron chi connectivity index (χ2n) is 6.71. The Morgan fingerprint density at radius 2 is 1.57 bits per heavy atom. The molecule has 3 rings (SSSR count). The summed E-state index contributed by atoms with van der Waals surface area (Å²) in [5.41, 5.74) is -3.49. The first kappa shape index (κ1) is 21.1. The average molecular weight is 418 g/mol. The molecule has 154 valence electrons. The minimum atomic E-state index is -5.41. The number of phosphoric acid groups is 1. The third kappa shape index (κ3) is 3.30. The Hall–Kier alpha value is -1.66. The molecule has 2 unspecified atom stereocenters. The lowest BCUT2D eigenvalue weighted by Crippen LogP contribution is -2.69. The number of fused-ring (bicyclic) bond motifs is 1. The van der Waals surface area contributed by atoms with E-state index in [1.807, 2.05) is 0 Å². The number of hydrogen-bond acceptors (Lipinski definition) is 9. The van der Waals surface area contributed by atoms with Crippen LogP contribution in [0.5, 0.6) is 0 Å². The molecule has 11 nitrogen and oxygen atoms in total. The molecule has 0 spiro atoms. The molecule has 0 saturated heterocycles. The second kappa shape index (κ2) is 6.99. The molecule has 0 radical (unpaired) electrons. The SMILES string of the molecule is Cc1cc2ccc(C3(OP(=O)(O)O)[C@@H](O)[C@H](O)C(O)[C@H](O)[C@@H]3O)cc2oc1=O. The van der Waals surface area contributed by atoms with Crippen molar-refractivity contribution < 1.29 is 48.8 Å². The highest BCUT2D eigenvalue weighted by Gasteiger charge is 2.62. The van der Waals surface area contributed by atoms with Crippen LogP contribution in [0.2, 0.25) is 0 Å². The molecule has 1 aromatic heterocycles. The van der Waals surface area contributed by atoms with Gasteiger partial charge < -0.3 is 39.7 Å². The molecular weight excluding hydrogens is 399 g/mol. The predicted molar refractivity (Wildman–Crippen MR) is 92.1 cm³/mol. The van der Waals surface area contributed by atoms with Crippen molar-refractivity contribution in [3.63, 3.8) is 0 Å². The van der Waals surface area contributed by atoms with Crippen LogP contribution < -0.4 is 5.63 Å². The van der Waals surface area contributed by atoms with Gasteiger partial charge in [-0.15, -0.1) is 0 Å². The van der Waals surface area contributed by atoms with Crippen molar-refractivity contribution in [3.8, 4) is 0 Å². The fourth-order valence-corrected chi connectivity index (χ4v) is 4.13. The van der Waals surface area contributed by atoms with E-state index in [4.69, 9.17) is 4.42 Å². The Kier molecular flexibility index (Phi) is 5.26. The van der Waals surface area contributed by atoms with E-state index in [-0.39, 0.29) is 11.1 Å². The maximum absolute atomic E-state index is 11.8. The van der Waals surface area contributed by atoms with Gasteiger partial charge in [-0.3, -0.25) is 4.52 Å². The van der Waals surface area contributed by atoms with Crippen LogP contribution in [0, 0.1) is 6.92 Å². The predicted octanol–water partition coefficient (Wildman–Crippen LogP) is -1.78. The maximum Gasteiger partial charge on any atom is 0.470 e. The van der Waals surface area contributed by atoms with E-state index in [9.17, 15) is 44.7 Å². The van der Waals surface area contributed by atoms with Crippen LogP contribution in [0.15, 0.2) is 33.5 Å². The molecule has 1 saturated carbocycles. The largest absolute Gasteiger partial charge is 0.470 e. The lowest BCUT2D eigenvalue weighted by atomic mass is 9.71. The third-order valence-electron chi connectivity index (χ3n) is 4.86. The smallest absolute Gasteiger partial charge is 0.423 e. The zero-order chi connectivity index (χ0) is 21.0. The van der Waals surface area contributed by atoms with E-state index in [2.05, 4.69) is 4.52 Å². The van der Waals surface area contributed by atoms with Gasteiger partial charge in [0.25, 0.3) is 0 Å². The van der Waals surface area contributed by atoms with Gasteiger partial charge in [0.1, 0.15) is 36.1 Å². The summed E-state index contributed by atoms with van der Waals surface area (Å²) in [6.45, 7) is 1.51. The van der Waals surface area contributed by atoms with Crippen LogP contribution in [0.3, 0.4) is 0 Å². The van der Waals surface area contributed by atoms with Gasteiger partial charge in [0.15, 0.2) is 5.60 Å². The lowest BCUT2D eigenvalue weighted by molar-refractivity contribution is -0.267. The number of hydrogen-bond donors (Lipinski definition) is 7. The van der Waals surface area contributed by atoms with Crippen molar-refractivity contribution in [2.45, 2.75) is 43.0 Å². The second-order valence-corrected chi connectivity index (χ2v) is 7.87. The van der Waals surface area contributed by atoms with E-state index >= 15 is 0 Å². The monoisotopic (exact) mass is 418 g/mol. The molecule has 2 aromatic rings. The molecule has 1 heterocycles. The Bertz CT molecular complexity index is 980. The van der Waals surface area contributed by atoms with Crippen molar-refractivity contribution in [3.05, 3.63) is 45.8 Å². The molecule has 28 heavy (non-hydrogen) atoms. The number of aliphatic hydroxyl groups excluding tert-OH is 5. The van der Waals surface area contributed by atoms with E-state index in [0.29, 0.717) is 10.9 Å². The summed E-state index contributed by atoms with van der Waals surface area (Å²) in [7, 11) is -5.41. The summed E-state index contributed by atoms with van der Waals surface area (Å²) < 4.78 is 21.4.